The maximum Gasteiger partial charge on any atom is 0.265 e. The second-order valence-electron chi connectivity index (χ2n) is 9.30. The average Bonchev–Trinajstić information content (AvgIpc) is 3.55. The summed E-state index contributed by atoms with van der Waals surface area (Å²) in [6, 6.07) is 2.96. The predicted octanol–water partition coefficient (Wildman–Crippen LogP) is 1.63. The lowest BCUT2D eigenvalue weighted by atomic mass is 9.91. The number of nitrogens with zero attached hydrogens (tertiary/aromatic N) is 1. The van der Waals surface area contributed by atoms with Gasteiger partial charge in [-0.1, -0.05) is 24.4 Å². The Morgan fingerprint density at radius 1 is 1.23 bits per heavy atom. The van der Waals surface area contributed by atoms with Gasteiger partial charge in [-0.2, -0.15) is 0 Å². The number of halogens is 1. The fourth-order valence-electron chi connectivity index (χ4n) is 4.82. The molecule has 188 valence electrons. The van der Waals surface area contributed by atoms with Crippen molar-refractivity contribution in [1.82, 2.24) is 15.2 Å². The lowest BCUT2D eigenvalue weighted by molar-refractivity contribution is -0.132. The Kier molecular flexibility index (Phi) is 7.20. The molecule has 11 heteroatoms. The van der Waals surface area contributed by atoms with Crippen LogP contribution >= 0.6 is 11.6 Å². The number of amides is 4. The zero-order valence-corrected chi connectivity index (χ0v) is 20.3. The fraction of sp³-hybridized carbons (Fsp3) is 0.500. The van der Waals surface area contributed by atoms with E-state index >= 15 is 0 Å². The SMILES string of the molecule is COc1ccc(Cl)c2c1cc(C(N)=O)n2[C@@H](CC1CC1)C(=O)N[C@@H](C[C@@H]1CCCNC1=O)C(N)=O. The molecule has 0 spiro atoms. The molecule has 35 heavy (non-hydrogen) atoms. The minimum atomic E-state index is -1.04. The van der Waals surface area contributed by atoms with Crippen molar-refractivity contribution >= 4 is 46.1 Å². The summed E-state index contributed by atoms with van der Waals surface area (Å²) >= 11 is 6.53. The van der Waals surface area contributed by atoms with Gasteiger partial charge >= 0.3 is 0 Å². The van der Waals surface area contributed by atoms with Gasteiger partial charge in [-0.3, -0.25) is 19.2 Å². The first-order valence-corrected chi connectivity index (χ1v) is 12.1. The van der Waals surface area contributed by atoms with Crippen LogP contribution in [0.5, 0.6) is 5.75 Å². The summed E-state index contributed by atoms with van der Waals surface area (Å²) in [5.41, 5.74) is 11.9. The van der Waals surface area contributed by atoms with Crippen LogP contribution in [0.4, 0.5) is 0 Å². The van der Waals surface area contributed by atoms with Gasteiger partial charge in [-0.05, 0) is 49.8 Å². The Bertz CT molecular complexity index is 1170. The molecule has 3 atom stereocenters. The van der Waals surface area contributed by atoms with Crippen LogP contribution in [0.2, 0.25) is 5.02 Å². The molecule has 2 heterocycles. The molecule has 2 aliphatic rings. The summed E-state index contributed by atoms with van der Waals surface area (Å²) in [5, 5.41) is 6.40. The first-order valence-electron chi connectivity index (χ1n) is 11.8. The van der Waals surface area contributed by atoms with E-state index in [-0.39, 0.29) is 23.9 Å². The Morgan fingerprint density at radius 2 is 1.97 bits per heavy atom. The van der Waals surface area contributed by atoms with Crippen LogP contribution in [0.1, 0.15) is 55.1 Å². The van der Waals surface area contributed by atoms with Gasteiger partial charge in [0.1, 0.15) is 23.5 Å². The summed E-state index contributed by atoms with van der Waals surface area (Å²) < 4.78 is 6.97. The highest BCUT2D eigenvalue weighted by molar-refractivity contribution is 6.35. The Hall–Kier alpha value is -3.27. The molecule has 1 aromatic heterocycles. The first kappa shape index (κ1) is 24.8. The quantitative estimate of drug-likeness (QED) is 0.387. The Morgan fingerprint density at radius 3 is 2.57 bits per heavy atom. The highest BCUT2D eigenvalue weighted by Gasteiger charge is 2.36. The summed E-state index contributed by atoms with van der Waals surface area (Å²) in [7, 11) is 1.50. The van der Waals surface area contributed by atoms with Crippen LogP contribution < -0.4 is 26.8 Å². The molecule has 2 aromatic rings. The zero-order chi connectivity index (χ0) is 25.3. The summed E-state index contributed by atoms with van der Waals surface area (Å²) in [6.45, 7) is 0.590. The largest absolute Gasteiger partial charge is 0.496 e. The molecule has 1 aliphatic carbocycles. The third-order valence-corrected chi connectivity index (χ3v) is 7.13. The van der Waals surface area contributed by atoms with Crippen LogP contribution in [0.3, 0.4) is 0 Å². The number of hydrogen-bond acceptors (Lipinski definition) is 5. The average molecular weight is 504 g/mol. The molecule has 0 bridgehead atoms. The van der Waals surface area contributed by atoms with Crippen molar-refractivity contribution < 1.29 is 23.9 Å². The number of ether oxygens (including phenoxy) is 1. The third-order valence-electron chi connectivity index (χ3n) is 6.83. The molecular weight excluding hydrogens is 474 g/mol. The molecule has 4 amide bonds. The molecule has 0 unspecified atom stereocenters. The fourth-order valence-corrected chi connectivity index (χ4v) is 5.08. The number of carbonyl (C=O) groups is 4. The molecule has 10 nitrogen and oxygen atoms in total. The molecule has 2 fully saturated rings. The smallest absolute Gasteiger partial charge is 0.265 e. The number of nitrogens with two attached hydrogens (primary N) is 2. The molecule has 1 saturated heterocycles. The number of hydrogen-bond donors (Lipinski definition) is 4. The van der Waals surface area contributed by atoms with E-state index in [1.54, 1.807) is 22.8 Å². The van der Waals surface area contributed by atoms with Gasteiger partial charge in [-0.25, -0.2) is 0 Å². The van der Waals surface area contributed by atoms with Crippen LogP contribution in [0.15, 0.2) is 18.2 Å². The van der Waals surface area contributed by atoms with Gasteiger partial charge in [0.2, 0.25) is 17.7 Å². The van der Waals surface area contributed by atoms with Gasteiger partial charge in [-0.15, -0.1) is 0 Å². The Labute approximate surface area is 207 Å². The molecule has 1 aromatic carbocycles. The second-order valence-corrected chi connectivity index (χ2v) is 9.71. The Balaban J connectivity index is 1.72. The van der Waals surface area contributed by atoms with E-state index in [0.29, 0.717) is 41.1 Å². The minimum absolute atomic E-state index is 0.104. The molecule has 1 saturated carbocycles. The second kappa shape index (κ2) is 10.2. The van der Waals surface area contributed by atoms with Crippen molar-refractivity contribution in [3.05, 3.63) is 28.9 Å². The number of piperidine rings is 1. The molecular formula is C24H30ClN5O5. The molecule has 6 N–H and O–H groups in total. The standard InChI is InChI=1S/C24H30ClN5O5/c1-35-19-7-6-15(25)20-14(19)11-17(22(27)32)30(20)18(9-12-4-5-12)24(34)29-16(21(26)31)10-13-3-2-8-28-23(13)33/h6-7,11-13,16,18H,2-5,8-10H2,1H3,(H2,26,31)(H2,27,32)(H,28,33)(H,29,34)/t13-,16-,18-/m0/s1. The lowest BCUT2D eigenvalue weighted by Crippen LogP contribution is -2.50. The number of aromatic nitrogens is 1. The van der Waals surface area contributed by atoms with Crippen LogP contribution in [0.25, 0.3) is 10.9 Å². The van der Waals surface area contributed by atoms with E-state index in [0.717, 1.165) is 19.3 Å². The van der Waals surface area contributed by atoms with E-state index in [2.05, 4.69) is 10.6 Å². The molecule has 0 radical (unpaired) electrons. The first-order chi connectivity index (χ1) is 16.7. The lowest BCUT2D eigenvalue weighted by Gasteiger charge is -2.28. The van der Waals surface area contributed by atoms with Gasteiger partial charge in [0.15, 0.2) is 0 Å². The van der Waals surface area contributed by atoms with E-state index < -0.39 is 35.7 Å². The number of fused-ring (bicyclic) bond motifs is 1. The molecule has 1 aliphatic heterocycles. The maximum absolute atomic E-state index is 13.7. The normalized spacial score (nSPS) is 19.6. The van der Waals surface area contributed by atoms with Gasteiger partial charge in [0.05, 0.1) is 17.6 Å². The topological polar surface area (TPSA) is 159 Å². The zero-order valence-electron chi connectivity index (χ0n) is 19.5. The van der Waals surface area contributed by atoms with Gasteiger partial charge in [0.25, 0.3) is 5.91 Å². The highest BCUT2D eigenvalue weighted by Crippen LogP contribution is 2.41. The predicted molar refractivity (Wildman–Crippen MR) is 130 cm³/mol. The van der Waals surface area contributed by atoms with Crippen LogP contribution in [-0.2, 0) is 14.4 Å². The van der Waals surface area contributed by atoms with E-state index in [1.165, 1.54) is 7.11 Å². The van der Waals surface area contributed by atoms with Crippen LogP contribution in [-0.4, -0.2) is 47.9 Å². The van der Waals surface area contributed by atoms with E-state index in [1.807, 2.05) is 0 Å². The minimum Gasteiger partial charge on any atom is -0.496 e. The van der Waals surface area contributed by atoms with Crippen molar-refractivity contribution in [3.63, 3.8) is 0 Å². The van der Waals surface area contributed by atoms with Crippen molar-refractivity contribution in [2.45, 2.75) is 50.6 Å². The monoisotopic (exact) mass is 503 g/mol. The number of primary amides is 2. The van der Waals surface area contributed by atoms with Gasteiger partial charge in [0, 0.05) is 17.8 Å². The van der Waals surface area contributed by atoms with E-state index in [4.69, 9.17) is 27.8 Å². The van der Waals surface area contributed by atoms with Crippen LogP contribution in [0, 0.1) is 11.8 Å². The summed E-state index contributed by atoms with van der Waals surface area (Å²) in [6.07, 6.45) is 3.84. The van der Waals surface area contributed by atoms with Crippen molar-refractivity contribution in [3.8, 4) is 5.75 Å². The summed E-state index contributed by atoms with van der Waals surface area (Å²) in [4.78, 5) is 50.5. The number of rotatable bonds is 10. The number of methoxy groups -OCH3 is 1. The number of benzene rings is 1. The van der Waals surface area contributed by atoms with Gasteiger partial charge < -0.3 is 31.4 Å². The van der Waals surface area contributed by atoms with Crippen molar-refractivity contribution in [1.29, 1.82) is 0 Å². The number of carbonyl (C=O) groups excluding carboxylic acids is 4. The molecule has 4 rings (SSSR count). The third kappa shape index (κ3) is 5.22. The maximum atomic E-state index is 13.7. The summed E-state index contributed by atoms with van der Waals surface area (Å²) in [5.74, 6) is -1.75. The highest BCUT2D eigenvalue weighted by atomic mass is 35.5. The number of nitrogens with one attached hydrogen (secondary N) is 2. The van der Waals surface area contributed by atoms with E-state index in [9.17, 15) is 19.2 Å². The van der Waals surface area contributed by atoms with Crippen molar-refractivity contribution in [2.24, 2.45) is 23.3 Å². The van der Waals surface area contributed by atoms with Crippen molar-refractivity contribution in [2.75, 3.05) is 13.7 Å².